The molecule has 0 aliphatic carbocycles. The fourth-order valence-electron chi connectivity index (χ4n) is 1.61. The first-order valence-electron chi connectivity index (χ1n) is 6.96. The Morgan fingerprint density at radius 1 is 1.23 bits per heavy atom. The molecule has 1 aromatic rings. The number of rotatable bonds is 2. The fraction of sp³-hybridized carbons (Fsp3) is 0.438. The molecule has 3 amide bonds. The number of carbonyl (C=O) groups is 2. The van der Waals surface area contributed by atoms with Gasteiger partial charge in [-0.15, -0.1) is 6.92 Å². The summed E-state index contributed by atoms with van der Waals surface area (Å²) in [7, 11) is 1.66. The van der Waals surface area contributed by atoms with E-state index < -0.39 is 0 Å². The summed E-state index contributed by atoms with van der Waals surface area (Å²) in [5.41, 5.74) is 1.81. The zero-order chi connectivity index (χ0) is 16.3. The average Bonchev–Trinajstić information content (AvgIpc) is 2.49. The molecular weight excluding hydrogens is 291 g/mol. The predicted octanol–water partition coefficient (Wildman–Crippen LogP) is -0.858. The van der Waals surface area contributed by atoms with Crippen molar-refractivity contribution in [2.45, 2.75) is 40.0 Å². The molecule has 6 heteroatoms. The van der Waals surface area contributed by atoms with E-state index in [1.54, 1.807) is 19.5 Å². The summed E-state index contributed by atoms with van der Waals surface area (Å²) in [5, 5.41) is 2.20. The molecule has 1 heterocycles. The Morgan fingerprint density at radius 2 is 1.77 bits per heavy atom. The monoisotopic (exact) mass is 313 g/mol. The van der Waals surface area contributed by atoms with Crippen LogP contribution in [0, 0.1) is 13.0 Å². The van der Waals surface area contributed by atoms with Crippen LogP contribution in [0.4, 0.5) is 5.69 Å². The first-order valence-corrected chi connectivity index (χ1v) is 6.96. The third-order valence-electron chi connectivity index (χ3n) is 2.59. The molecule has 1 aliphatic rings. The molecule has 0 spiro atoms. The van der Waals surface area contributed by atoms with E-state index in [9.17, 15) is 14.4 Å². The maximum Gasteiger partial charge on any atom is 1.00 e. The Hall–Kier alpha value is -1.17. The van der Waals surface area contributed by atoms with Gasteiger partial charge in [0.05, 0.1) is 6.41 Å². The third-order valence-corrected chi connectivity index (χ3v) is 2.59. The van der Waals surface area contributed by atoms with Crippen molar-refractivity contribution in [3.05, 3.63) is 29.8 Å². The van der Waals surface area contributed by atoms with Crippen molar-refractivity contribution >= 4 is 23.9 Å². The molecule has 22 heavy (non-hydrogen) atoms. The summed E-state index contributed by atoms with van der Waals surface area (Å²) >= 11 is 0. The summed E-state index contributed by atoms with van der Waals surface area (Å²) in [4.78, 5) is 32.3. The molecule has 1 saturated heterocycles. The van der Waals surface area contributed by atoms with Crippen molar-refractivity contribution < 1.29 is 43.9 Å². The van der Waals surface area contributed by atoms with Gasteiger partial charge in [0.2, 0.25) is 11.8 Å². The molecular formula is C16H22N2NaO3-. The molecule has 1 aromatic carbocycles. The van der Waals surface area contributed by atoms with Gasteiger partial charge in [-0.05, 0) is 13.5 Å². The number of para-hydroxylation sites is 1. The Labute approximate surface area is 154 Å². The molecule has 0 atom stereocenters. The van der Waals surface area contributed by atoms with E-state index in [0.29, 0.717) is 19.3 Å². The maximum atomic E-state index is 10.3. The predicted molar refractivity (Wildman–Crippen MR) is 82.5 cm³/mol. The van der Waals surface area contributed by atoms with Gasteiger partial charge in [0.25, 0.3) is 0 Å². The fourth-order valence-corrected chi connectivity index (χ4v) is 1.61. The summed E-state index contributed by atoms with van der Waals surface area (Å²) in [6.07, 6.45) is 3.50. The van der Waals surface area contributed by atoms with Crippen molar-refractivity contribution in [2.75, 3.05) is 11.9 Å². The molecule has 0 unspecified atom stereocenters. The van der Waals surface area contributed by atoms with Crippen LogP contribution < -0.4 is 39.8 Å². The van der Waals surface area contributed by atoms with Crippen molar-refractivity contribution in [3.63, 3.8) is 0 Å². The number of nitrogens with zero attached hydrogens (tertiary/aromatic N) is 1. The molecule has 0 saturated carbocycles. The van der Waals surface area contributed by atoms with Crippen LogP contribution in [0.2, 0.25) is 0 Å². The van der Waals surface area contributed by atoms with Crippen LogP contribution in [0.3, 0.4) is 0 Å². The van der Waals surface area contributed by atoms with E-state index in [-0.39, 0.29) is 41.4 Å². The number of benzene rings is 1. The van der Waals surface area contributed by atoms with Gasteiger partial charge in [-0.3, -0.25) is 21.0 Å². The summed E-state index contributed by atoms with van der Waals surface area (Å²) < 4.78 is 0. The number of anilines is 1. The number of imide groups is 1. The molecule has 5 nitrogen and oxygen atoms in total. The molecule has 2 rings (SSSR count). The van der Waals surface area contributed by atoms with Crippen LogP contribution in [-0.4, -0.2) is 25.3 Å². The van der Waals surface area contributed by atoms with Crippen molar-refractivity contribution in [1.82, 2.24) is 5.32 Å². The van der Waals surface area contributed by atoms with Gasteiger partial charge in [0.1, 0.15) is 0 Å². The van der Waals surface area contributed by atoms with Crippen LogP contribution in [0.15, 0.2) is 18.2 Å². The normalized spacial score (nSPS) is 12.4. The van der Waals surface area contributed by atoms with Gasteiger partial charge in [-0.2, -0.15) is 18.2 Å². The standard InChI is InChI=1S/C9H9NO.C5H7NO2.C2H6.Na/c1-8-5-3-4-6-9(8)10(2)7-11;7-4-2-1-3-5(8)6-4;1-2;/h3-5H,1-2H3;1-3H2,(H,6,7,8);1-2H3;/q-2;;;+1. The second-order valence-electron chi connectivity index (χ2n) is 4.18. The summed E-state index contributed by atoms with van der Waals surface area (Å²) in [5.74, 6) is -0.275. The van der Waals surface area contributed by atoms with Crippen molar-refractivity contribution in [3.8, 4) is 0 Å². The zero-order valence-corrected chi connectivity index (χ0v) is 16.0. The van der Waals surface area contributed by atoms with Crippen LogP contribution in [0.5, 0.6) is 0 Å². The van der Waals surface area contributed by atoms with Crippen LogP contribution in [-0.2, 0) is 14.4 Å². The number of nitrogens with one attached hydrogen (secondary N) is 1. The minimum atomic E-state index is -0.138. The van der Waals surface area contributed by atoms with E-state index in [4.69, 9.17) is 0 Å². The summed E-state index contributed by atoms with van der Waals surface area (Å²) in [6, 6.07) is 8.54. The number of hydrogen-bond donors (Lipinski definition) is 1. The number of amides is 3. The Bertz CT molecular complexity index is 464. The second kappa shape index (κ2) is 13.5. The van der Waals surface area contributed by atoms with Gasteiger partial charge in [-0.25, -0.2) is 11.3 Å². The molecule has 0 radical (unpaired) electrons. The molecule has 1 fully saturated rings. The van der Waals surface area contributed by atoms with Crippen LogP contribution >= 0.6 is 0 Å². The largest absolute Gasteiger partial charge is 1.00 e. The zero-order valence-electron chi connectivity index (χ0n) is 14.0. The van der Waals surface area contributed by atoms with Gasteiger partial charge >= 0.3 is 29.6 Å². The topological polar surface area (TPSA) is 66.5 Å². The minimum Gasteiger partial charge on any atom is -0.501 e. The summed E-state index contributed by atoms with van der Waals surface area (Å²) in [6.45, 7) is 5.93. The number of carbonyl (C=O) groups excluding carboxylic acids is 3. The average molecular weight is 313 g/mol. The van der Waals surface area contributed by atoms with Gasteiger partial charge < -0.3 is 9.69 Å². The molecule has 116 valence electrons. The number of aryl methyl sites for hydroxylation is 1. The maximum absolute atomic E-state index is 10.3. The minimum absolute atomic E-state index is 0. The van der Waals surface area contributed by atoms with Crippen LogP contribution in [0.25, 0.3) is 0 Å². The number of piperidine rings is 1. The smallest absolute Gasteiger partial charge is 0.501 e. The molecule has 1 N–H and O–H groups in total. The van der Waals surface area contributed by atoms with Crippen molar-refractivity contribution in [2.24, 2.45) is 0 Å². The van der Waals surface area contributed by atoms with E-state index in [2.05, 4.69) is 11.4 Å². The third kappa shape index (κ3) is 8.97. The van der Waals surface area contributed by atoms with E-state index in [0.717, 1.165) is 11.3 Å². The van der Waals surface area contributed by atoms with E-state index in [1.807, 2.05) is 32.9 Å². The van der Waals surface area contributed by atoms with E-state index in [1.165, 1.54) is 4.90 Å². The quantitative estimate of drug-likeness (QED) is 0.334. The Kier molecular flexibility index (Phi) is 14.2. The van der Waals surface area contributed by atoms with Crippen molar-refractivity contribution in [1.29, 1.82) is 0 Å². The van der Waals surface area contributed by atoms with Gasteiger partial charge in [-0.1, -0.05) is 13.8 Å². The van der Waals surface area contributed by atoms with Gasteiger partial charge in [0, 0.05) is 12.8 Å². The van der Waals surface area contributed by atoms with Crippen LogP contribution in [0.1, 0.15) is 38.7 Å². The van der Waals surface area contributed by atoms with E-state index >= 15 is 0 Å². The number of hydrogen-bond acceptors (Lipinski definition) is 3. The molecule has 0 bridgehead atoms. The first-order chi connectivity index (χ1) is 10.0. The Morgan fingerprint density at radius 3 is 2.14 bits per heavy atom. The molecule has 0 aromatic heterocycles. The van der Waals surface area contributed by atoms with Gasteiger partial charge in [0.15, 0.2) is 0 Å². The Balaban J connectivity index is 0. The second-order valence-corrected chi connectivity index (χ2v) is 4.18. The SMILES string of the molecule is CC.Cc1ccc[c-]c1N(C)[C-]=O.O=C1CCCC(=O)N1.[Na+]. The molecule has 1 aliphatic heterocycles. The first kappa shape index (κ1) is 23.1.